The highest BCUT2D eigenvalue weighted by Gasteiger charge is 2.16. The lowest BCUT2D eigenvalue weighted by atomic mass is 10.0. The van der Waals surface area contributed by atoms with Crippen LogP contribution >= 0.6 is 24.8 Å². The van der Waals surface area contributed by atoms with Gasteiger partial charge in [0.1, 0.15) is 6.10 Å². The average Bonchev–Trinajstić information content (AvgIpc) is 2.62. The monoisotopic (exact) mass is 360 g/mol. The van der Waals surface area contributed by atoms with E-state index in [4.69, 9.17) is 17.0 Å². The molecule has 0 radical (unpaired) electrons. The molecule has 0 aliphatic carbocycles. The second kappa shape index (κ2) is 11.0. The highest BCUT2D eigenvalue weighted by molar-refractivity contribution is 7.96. The van der Waals surface area contributed by atoms with E-state index in [1.807, 2.05) is 43.3 Å². The third-order valence-corrected chi connectivity index (χ3v) is 4.28. The quantitative estimate of drug-likeness (QED) is 0.543. The summed E-state index contributed by atoms with van der Waals surface area (Å²) in [5, 5.41) is 0.590. The molecule has 2 rings (SSSR count). The minimum Gasteiger partial charge on any atom is -0.479 e. The van der Waals surface area contributed by atoms with Gasteiger partial charge >= 0.3 is 0 Å². The molecule has 0 spiro atoms. The van der Waals surface area contributed by atoms with Crippen LogP contribution in [0.3, 0.4) is 0 Å². The lowest BCUT2D eigenvalue weighted by molar-refractivity contribution is -0.110. The van der Waals surface area contributed by atoms with E-state index in [1.165, 1.54) is 5.56 Å². The van der Waals surface area contributed by atoms with Gasteiger partial charge < -0.3 is 4.74 Å². The van der Waals surface area contributed by atoms with E-state index in [9.17, 15) is 4.79 Å². The Bertz CT molecular complexity index is 627. The molecule has 2 unspecified atom stereocenters. The summed E-state index contributed by atoms with van der Waals surface area (Å²) < 4.78 is 5.88. The van der Waals surface area contributed by atoms with Crippen LogP contribution in [0.5, 0.6) is 0 Å². The van der Waals surface area contributed by atoms with Crippen LogP contribution in [0, 0.1) is 0 Å². The number of benzene rings is 2. The minimum atomic E-state index is -0.0509. The second-order valence-corrected chi connectivity index (χ2v) is 6.27. The molecule has 24 heavy (non-hydrogen) atoms. The predicted octanol–water partition coefficient (Wildman–Crippen LogP) is 5.75. The predicted molar refractivity (Wildman–Crippen MR) is 108 cm³/mol. The van der Waals surface area contributed by atoms with E-state index in [1.54, 1.807) is 6.92 Å². The van der Waals surface area contributed by atoms with Crippen molar-refractivity contribution in [3.05, 3.63) is 71.8 Å². The third-order valence-electron chi connectivity index (χ3n) is 3.52. The van der Waals surface area contributed by atoms with Gasteiger partial charge in [-0.3, -0.25) is 4.79 Å². The largest absolute Gasteiger partial charge is 0.479 e. The van der Waals surface area contributed by atoms with E-state index >= 15 is 0 Å². The summed E-state index contributed by atoms with van der Waals surface area (Å²) in [4.78, 5) is 9.68. The molecule has 0 N–H and O–H groups in total. The zero-order chi connectivity index (χ0) is 17.9. The Balaban J connectivity index is 0.000000505. The van der Waals surface area contributed by atoms with Crippen molar-refractivity contribution < 1.29 is 9.53 Å². The van der Waals surface area contributed by atoms with Gasteiger partial charge in [-0.15, -0.1) is 12.6 Å². The van der Waals surface area contributed by atoms with Crippen molar-refractivity contribution in [3.63, 3.8) is 0 Å². The molecule has 2 atom stereocenters. The van der Waals surface area contributed by atoms with Crippen LogP contribution in [0.2, 0.25) is 0 Å². The Morgan fingerprint density at radius 1 is 1.00 bits per heavy atom. The summed E-state index contributed by atoms with van der Waals surface area (Å²) in [6.07, 6.45) is 0.517. The minimum absolute atomic E-state index is 0.0140. The zero-order valence-corrected chi connectivity index (χ0v) is 16.0. The van der Waals surface area contributed by atoms with E-state index < -0.39 is 0 Å². The van der Waals surface area contributed by atoms with Gasteiger partial charge in [-0.1, -0.05) is 74.5 Å². The van der Waals surface area contributed by atoms with Crippen molar-refractivity contribution in [2.75, 3.05) is 0 Å². The Hall–Kier alpha value is -1.65. The Kier molecular flexibility index (Phi) is 9.35. The first-order chi connectivity index (χ1) is 11.5. The van der Waals surface area contributed by atoms with Gasteiger partial charge in [0.05, 0.1) is 0 Å². The number of thiocarbonyl (C=S) groups is 1. The van der Waals surface area contributed by atoms with Crippen LogP contribution in [0.25, 0.3) is 0 Å². The highest BCUT2D eigenvalue weighted by Crippen LogP contribution is 2.23. The molecule has 0 bridgehead atoms. The molecule has 0 amide bonds. The summed E-state index contributed by atoms with van der Waals surface area (Å²) in [6.45, 7) is 5.88. The number of hydrogen-bond acceptors (Lipinski definition) is 3. The van der Waals surface area contributed by atoms with Crippen molar-refractivity contribution in [1.29, 1.82) is 0 Å². The summed E-state index contributed by atoms with van der Waals surface area (Å²) in [7, 11) is 0. The lowest BCUT2D eigenvalue weighted by Crippen LogP contribution is -2.13. The van der Waals surface area contributed by atoms with E-state index in [0.29, 0.717) is 11.5 Å². The van der Waals surface area contributed by atoms with Gasteiger partial charge in [0.2, 0.25) is 0 Å². The van der Waals surface area contributed by atoms with Crippen LogP contribution in [-0.2, 0) is 9.53 Å². The van der Waals surface area contributed by atoms with Crippen molar-refractivity contribution in [1.82, 2.24) is 0 Å². The van der Waals surface area contributed by atoms with Crippen molar-refractivity contribution in [3.8, 4) is 0 Å². The Labute approximate surface area is 155 Å². The SMILES string of the molecule is CC(OC(=S)C(C)c1ccccc1)c1ccccc1.CCC(=O)S. The number of carbonyl (C=O) groups excluding carboxylic acids is 1. The first-order valence-electron chi connectivity index (χ1n) is 7.97. The van der Waals surface area contributed by atoms with Crippen molar-refractivity contribution >= 4 is 35.0 Å². The first kappa shape index (κ1) is 20.4. The average molecular weight is 361 g/mol. The van der Waals surface area contributed by atoms with Gasteiger partial charge in [-0.05, 0) is 30.3 Å². The maximum Gasteiger partial charge on any atom is 0.185 e. The summed E-state index contributed by atoms with van der Waals surface area (Å²) >= 11 is 8.87. The van der Waals surface area contributed by atoms with E-state index in [0.717, 1.165) is 5.56 Å². The fraction of sp³-hybridized carbons (Fsp3) is 0.300. The molecular formula is C20H24O2S2. The Morgan fingerprint density at radius 2 is 1.42 bits per heavy atom. The topological polar surface area (TPSA) is 26.3 Å². The molecule has 0 heterocycles. The van der Waals surface area contributed by atoms with Gasteiger partial charge in [-0.25, -0.2) is 0 Å². The molecule has 0 saturated carbocycles. The number of hydrogen-bond donors (Lipinski definition) is 1. The van der Waals surface area contributed by atoms with Crippen LogP contribution < -0.4 is 0 Å². The number of ether oxygens (including phenoxy) is 1. The zero-order valence-electron chi connectivity index (χ0n) is 14.3. The van der Waals surface area contributed by atoms with Crippen LogP contribution in [0.1, 0.15) is 50.3 Å². The normalized spacial score (nSPS) is 12.3. The smallest absolute Gasteiger partial charge is 0.185 e. The van der Waals surface area contributed by atoms with Crippen molar-refractivity contribution in [2.45, 2.75) is 39.2 Å². The van der Waals surface area contributed by atoms with Crippen LogP contribution in [-0.4, -0.2) is 10.2 Å². The maximum atomic E-state index is 9.68. The van der Waals surface area contributed by atoms with Crippen LogP contribution in [0.4, 0.5) is 0 Å². The van der Waals surface area contributed by atoms with Crippen molar-refractivity contribution in [2.24, 2.45) is 0 Å². The van der Waals surface area contributed by atoms with Gasteiger partial charge in [-0.2, -0.15) is 0 Å². The van der Waals surface area contributed by atoms with Gasteiger partial charge in [0.25, 0.3) is 0 Å². The van der Waals surface area contributed by atoms with Gasteiger partial charge in [0.15, 0.2) is 10.2 Å². The maximum absolute atomic E-state index is 9.68. The summed E-state index contributed by atoms with van der Waals surface area (Å²) in [6, 6.07) is 20.3. The lowest BCUT2D eigenvalue weighted by Gasteiger charge is -2.20. The number of carbonyl (C=O) groups is 1. The molecule has 4 heteroatoms. The number of rotatable bonds is 5. The summed E-state index contributed by atoms with van der Waals surface area (Å²) in [5.41, 5.74) is 2.33. The molecule has 0 aliphatic rings. The standard InChI is InChI=1S/C17H18OS.C3H6OS/c1-13(15-9-5-3-6-10-15)17(19)18-14(2)16-11-7-4-8-12-16;1-2-3(4)5/h3-14H,1-2H3;2H2,1H3,(H,4,5). The highest BCUT2D eigenvalue weighted by atomic mass is 32.1. The van der Waals surface area contributed by atoms with Gasteiger partial charge in [0, 0.05) is 12.3 Å². The van der Waals surface area contributed by atoms with E-state index in [2.05, 4.69) is 43.8 Å². The molecule has 0 aromatic heterocycles. The molecule has 128 valence electrons. The Morgan fingerprint density at radius 3 is 1.83 bits per heavy atom. The fourth-order valence-electron chi connectivity index (χ4n) is 1.95. The summed E-state index contributed by atoms with van der Waals surface area (Å²) in [5.74, 6) is 0.127. The molecule has 0 saturated heterocycles. The van der Waals surface area contributed by atoms with E-state index in [-0.39, 0.29) is 17.1 Å². The molecule has 2 aromatic carbocycles. The molecule has 2 aromatic rings. The molecular weight excluding hydrogens is 336 g/mol. The molecule has 0 aliphatic heterocycles. The number of thiol groups is 1. The molecule has 2 nitrogen and oxygen atoms in total. The molecule has 0 fully saturated rings. The third kappa shape index (κ3) is 7.28. The first-order valence-corrected chi connectivity index (χ1v) is 8.83. The second-order valence-electron chi connectivity index (χ2n) is 5.37. The van der Waals surface area contributed by atoms with Crippen LogP contribution in [0.15, 0.2) is 60.7 Å². The fourth-order valence-corrected chi connectivity index (χ4v) is 2.23.